The Morgan fingerprint density at radius 1 is 1.42 bits per heavy atom. The number of likely N-dealkylation sites (N-methyl/N-ethyl adjacent to an activating group) is 1. The Balaban J connectivity index is 2.51. The zero-order chi connectivity index (χ0) is 14.4. The van der Waals surface area contributed by atoms with Gasteiger partial charge in [-0.15, -0.1) is 0 Å². The fourth-order valence-corrected chi connectivity index (χ4v) is 2.14. The van der Waals surface area contributed by atoms with E-state index in [0.29, 0.717) is 13.0 Å². The Morgan fingerprint density at radius 3 is 2.63 bits per heavy atom. The molecule has 1 amide bonds. The van der Waals surface area contributed by atoms with Gasteiger partial charge in [-0.05, 0) is 18.1 Å². The molecule has 0 saturated heterocycles. The Kier molecular flexibility index (Phi) is 5.98. The minimum Gasteiger partial charge on any atom is -0.481 e. The molecule has 0 aliphatic heterocycles. The lowest BCUT2D eigenvalue weighted by Crippen LogP contribution is -2.43. The Bertz CT molecular complexity index is 465. The van der Waals surface area contributed by atoms with E-state index in [-0.39, 0.29) is 12.3 Å². The number of hydrogen-bond acceptors (Lipinski definition) is 3. The van der Waals surface area contributed by atoms with Gasteiger partial charge in [-0.1, -0.05) is 34.1 Å². The molecule has 104 valence electrons. The first-order valence-corrected chi connectivity index (χ1v) is 6.67. The lowest BCUT2D eigenvalue weighted by Gasteiger charge is -2.20. The van der Waals surface area contributed by atoms with Crippen LogP contribution in [0.15, 0.2) is 28.7 Å². The molecule has 1 unspecified atom stereocenters. The van der Waals surface area contributed by atoms with Gasteiger partial charge in [0, 0.05) is 18.1 Å². The maximum atomic E-state index is 11.8. The van der Waals surface area contributed by atoms with E-state index in [1.54, 1.807) is 7.05 Å². The van der Waals surface area contributed by atoms with Crippen LogP contribution in [0.4, 0.5) is 0 Å². The van der Waals surface area contributed by atoms with Gasteiger partial charge in [0.1, 0.15) is 0 Å². The van der Waals surface area contributed by atoms with E-state index in [2.05, 4.69) is 15.9 Å². The predicted molar refractivity (Wildman–Crippen MR) is 75.7 cm³/mol. The van der Waals surface area contributed by atoms with Gasteiger partial charge in [-0.25, -0.2) is 0 Å². The number of nitrogens with two attached hydrogens (primary N) is 1. The number of carbonyl (C=O) groups excluding carboxylic acids is 1. The molecular weight excluding hydrogens is 312 g/mol. The molecule has 0 spiro atoms. The van der Waals surface area contributed by atoms with Crippen molar-refractivity contribution in [2.45, 2.75) is 18.9 Å². The van der Waals surface area contributed by atoms with Crippen LogP contribution in [0.25, 0.3) is 0 Å². The largest absolute Gasteiger partial charge is 0.481 e. The lowest BCUT2D eigenvalue weighted by atomic mass is 10.1. The third-order valence-electron chi connectivity index (χ3n) is 2.76. The van der Waals surface area contributed by atoms with Crippen molar-refractivity contribution in [1.29, 1.82) is 0 Å². The van der Waals surface area contributed by atoms with Crippen LogP contribution in [-0.4, -0.2) is 41.5 Å². The van der Waals surface area contributed by atoms with Crippen LogP contribution >= 0.6 is 15.9 Å². The zero-order valence-corrected chi connectivity index (χ0v) is 12.3. The summed E-state index contributed by atoms with van der Waals surface area (Å²) in [6.45, 7) is 0.495. The monoisotopic (exact) mass is 328 g/mol. The molecule has 3 N–H and O–H groups in total. The van der Waals surface area contributed by atoms with Crippen molar-refractivity contribution in [2.75, 3.05) is 13.6 Å². The molecule has 0 radical (unpaired) electrons. The van der Waals surface area contributed by atoms with E-state index in [4.69, 9.17) is 10.8 Å². The molecular formula is C13H17BrN2O3. The van der Waals surface area contributed by atoms with Crippen LogP contribution < -0.4 is 5.73 Å². The van der Waals surface area contributed by atoms with Crippen molar-refractivity contribution in [1.82, 2.24) is 4.90 Å². The maximum absolute atomic E-state index is 11.8. The van der Waals surface area contributed by atoms with Gasteiger partial charge in [-0.2, -0.15) is 0 Å². The summed E-state index contributed by atoms with van der Waals surface area (Å²) in [5.74, 6) is -1.42. The van der Waals surface area contributed by atoms with Gasteiger partial charge < -0.3 is 15.7 Å². The number of carboxylic acids is 1. The lowest BCUT2D eigenvalue weighted by molar-refractivity contribution is -0.141. The molecule has 0 aliphatic rings. The number of carboxylic acid groups (broad SMARTS) is 1. The molecule has 1 atom stereocenters. The standard InChI is InChI=1S/C13H17BrN2O3/c1-16(13(19)11(15)8-12(17)18)7-6-9-4-2-3-5-10(9)14/h2-5,11H,6-8,15H2,1H3,(H,17,18). The number of halogens is 1. The Hall–Kier alpha value is -1.40. The summed E-state index contributed by atoms with van der Waals surface area (Å²) in [7, 11) is 1.63. The van der Waals surface area contributed by atoms with E-state index < -0.39 is 12.0 Å². The van der Waals surface area contributed by atoms with Crippen molar-refractivity contribution in [3.8, 4) is 0 Å². The van der Waals surface area contributed by atoms with Crippen LogP contribution in [0.3, 0.4) is 0 Å². The van der Waals surface area contributed by atoms with Crippen molar-refractivity contribution in [2.24, 2.45) is 5.73 Å². The number of rotatable bonds is 6. The second kappa shape index (κ2) is 7.25. The number of aliphatic carboxylic acids is 1. The van der Waals surface area contributed by atoms with Gasteiger partial charge in [0.15, 0.2) is 0 Å². The molecule has 5 nitrogen and oxygen atoms in total. The third kappa shape index (κ3) is 5.00. The molecule has 6 heteroatoms. The fourth-order valence-electron chi connectivity index (χ4n) is 1.66. The third-order valence-corrected chi connectivity index (χ3v) is 3.54. The average Bonchev–Trinajstić information content (AvgIpc) is 2.35. The second-order valence-electron chi connectivity index (χ2n) is 4.31. The molecule has 0 bridgehead atoms. The minimum absolute atomic E-state index is 0.349. The molecule has 0 aromatic heterocycles. The van der Waals surface area contributed by atoms with Crippen LogP contribution in [0.5, 0.6) is 0 Å². The first-order chi connectivity index (χ1) is 8.91. The summed E-state index contributed by atoms with van der Waals surface area (Å²) >= 11 is 3.44. The minimum atomic E-state index is -1.07. The zero-order valence-electron chi connectivity index (χ0n) is 10.7. The molecule has 0 fully saturated rings. The summed E-state index contributed by atoms with van der Waals surface area (Å²) in [6, 6.07) is 6.78. The number of benzene rings is 1. The van der Waals surface area contributed by atoms with E-state index in [1.165, 1.54) is 4.90 Å². The number of nitrogens with zero attached hydrogens (tertiary/aromatic N) is 1. The van der Waals surface area contributed by atoms with E-state index >= 15 is 0 Å². The van der Waals surface area contributed by atoms with E-state index in [0.717, 1.165) is 10.0 Å². The Labute approximate surface area is 120 Å². The van der Waals surface area contributed by atoms with Gasteiger partial charge in [0.2, 0.25) is 5.91 Å². The van der Waals surface area contributed by atoms with E-state index in [1.807, 2.05) is 24.3 Å². The summed E-state index contributed by atoms with van der Waals surface area (Å²) in [5, 5.41) is 8.60. The highest BCUT2D eigenvalue weighted by Gasteiger charge is 2.20. The maximum Gasteiger partial charge on any atom is 0.305 e. The number of amides is 1. The fraction of sp³-hybridized carbons (Fsp3) is 0.385. The van der Waals surface area contributed by atoms with Gasteiger partial charge in [0.25, 0.3) is 0 Å². The highest BCUT2D eigenvalue weighted by Crippen LogP contribution is 2.16. The molecule has 1 rings (SSSR count). The summed E-state index contributed by atoms with van der Waals surface area (Å²) < 4.78 is 0.991. The molecule has 0 heterocycles. The first-order valence-electron chi connectivity index (χ1n) is 5.87. The number of carbonyl (C=O) groups is 2. The molecule has 19 heavy (non-hydrogen) atoms. The SMILES string of the molecule is CN(CCc1ccccc1Br)C(=O)C(N)CC(=O)O. The normalized spacial score (nSPS) is 11.9. The molecule has 0 aliphatic carbocycles. The first kappa shape index (κ1) is 15.7. The molecule has 0 saturated carbocycles. The van der Waals surface area contributed by atoms with Crippen LogP contribution in [-0.2, 0) is 16.0 Å². The topological polar surface area (TPSA) is 83.6 Å². The smallest absolute Gasteiger partial charge is 0.305 e. The number of hydrogen-bond donors (Lipinski definition) is 2. The summed E-state index contributed by atoms with van der Waals surface area (Å²) in [4.78, 5) is 23.8. The molecule has 1 aromatic rings. The quantitative estimate of drug-likeness (QED) is 0.823. The van der Waals surface area contributed by atoms with Crippen molar-refractivity contribution < 1.29 is 14.7 Å². The van der Waals surface area contributed by atoms with E-state index in [9.17, 15) is 9.59 Å². The van der Waals surface area contributed by atoms with Crippen LogP contribution in [0.2, 0.25) is 0 Å². The van der Waals surface area contributed by atoms with Crippen molar-refractivity contribution >= 4 is 27.8 Å². The highest BCUT2D eigenvalue weighted by molar-refractivity contribution is 9.10. The van der Waals surface area contributed by atoms with Gasteiger partial charge >= 0.3 is 5.97 Å². The van der Waals surface area contributed by atoms with Gasteiger partial charge in [0.05, 0.1) is 12.5 Å². The van der Waals surface area contributed by atoms with Crippen LogP contribution in [0.1, 0.15) is 12.0 Å². The summed E-state index contributed by atoms with van der Waals surface area (Å²) in [6.07, 6.45) is 0.335. The van der Waals surface area contributed by atoms with Crippen LogP contribution in [0, 0.1) is 0 Å². The summed E-state index contributed by atoms with van der Waals surface area (Å²) in [5.41, 5.74) is 6.63. The van der Waals surface area contributed by atoms with Crippen molar-refractivity contribution in [3.63, 3.8) is 0 Å². The van der Waals surface area contributed by atoms with Gasteiger partial charge in [-0.3, -0.25) is 9.59 Å². The predicted octanol–water partition coefficient (Wildman–Crippen LogP) is 1.25. The Morgan fingerprint density at radius 2 is 2.05 bits per heavy atom. The highest BCUT2D eigenvalue weighted by atomic mass is 79.9. The van der Waals surface area contributed by atoms with Crippen molar-refractivity contribution in [3.05, 3.63) is 34.3 Å². The average molecular weight is 329 g/mol. The second-order valence-corrected chi connectivity index (χ2v) is 5.16. The molecule has 1 aromatic carbocycles.